The molecule has 0 atom stereocenters. The second-order valence-corrected chi connectivity index (χ2v) is 14.4. The van der Waals surface area contributed by atoms with Crippen molar-refractivity contribution in [1.29, 1.82) is 0 Å². The summed E-state index contributed by atoms with van der Waals surface area (Å²) >= 11 is 10.5. The Kier molecular flexibility index (Phi) is 9.86. The summed E-state index contributed by atoms with van der Waals surface area (Å²) in [6, 6.07) is 24.7. The van der Waals surface area contributed by atoms with Gasteiger partial charge in [-0.15, -0.1) is 0 Å². The van der Waals surface area contributed by atoms with Crippen molar-refractivity contribution in [2.75, 3.05) is 10.6 Å². The predicted molar refractivity (Wildman–Crippen MR) is 181 cm³/mol. The molecule has 0 heterocycles. The number of rotatable bonds is 8. The van der Waals surface area contributed by atoms with Gasteiger partial charge >= 0.3 is 0 Å². The van der Waals surface area contributed by atoms with Crippen LogP contribution in [0, 0.1) is 27.7 Å². The third-order valence-corrected chi connectivity index (χ3v) is 10.0. The molecule has 0 saturated carbocycles. The van der Waals surface area contributed by atoms with Crippen LogP contribution >= 0.6 is 24.4 Å². The molecule has 4 aromatic carbocycles. The van der Waals surface area contributed by atoms with E-state index >= 15 is 0 Å². The lowest BCUT2D eigenvalue weighted by Crippen LogP contribution is -2.34. The van der Waals surface area contributed by atoms with Crippen LogP contribution in [0.1, 0.15) is 33.4 Å². The van der Waals surface area contributed by atoms with Crippen molar-refractivity contribution in [3.8, 4) is 0 Å². The summed E-state index contributed by atoms with van der Waals surface area (Å²) in [7, 11) is -7.59. The molecule has 0 aliphatic rings. The van der Waals surface area contributed by atoms with Crippen molar-refractivity contribution in [3.63, 3.8) is 0 Å². The van der Waals surface area contributed by atoms with Crippen LogP contribution < -0.4 is 20.1 Å². The van der Waals surface area contributed by atoms with Gasteiger partial charge in [0.25, 0.3) is 20.0 Å². The second kappa shape index (κ2) is 13.2. The average Bonchev–Trinajstić information content (AvgIpc) is 2.92. The van der Waals surface area contributed by atoms with E-state index in [1.807, 2.05) is 64.1 Å². The van der Waals surface area contributed by atoms with E-state index in [-0.39, 0.29) is 20.0 Å². The largest absolute Gasteiger partial charge is 0.332 e. The van der Waals surface area contributed by atoms with Gasteiger partial charge in [0.15, 0.2) is 10.2 Å². The Balaban J connectivity index is 1.36. The van der Waals surface area contributed by atoms with E-state index in [0.717, 1.165) is 33.4 Å². The van der Waals surface area contributed by atoms with Crippen molar-refractivity contribution >= 4 is 66.1 Å². The minimum Gasteiger partial charge on any atom is -0.332 e. The number of nitrogens with one attached hydrogen (secondary N) is 4. The maximum atomic E-state index is 12.6. The molecule has 43 heavy (non-hydrogen) atoms. The summed E-state index contributed by atoms with van der Waals surface area (Å²) in [6.45, 7) is 7.60. The molecule has 0 aromatic heterocycles. The van der Waals surface area contributed by atoms with Gasteiger partial charge in [-0.05, 0) is 117 Å². The number of anilines is 2. The number of aryl methyl sites for hydroxylation is 4. The smallest absolute Gasteiger partial charge is 0.263 e. The maximum absolute atomic E-state index is 12.6. The number of benzene rings is 4. The predicted octanol–water partition coefficient (Wildman–Crippen LogP) is 5.86. The van der Waals surface area contributed by atoms with Gasteiger partial charge in [0.2, 0.25) is 0 Å². The van der Waals surface area contributed by atoms with Crippen LogP contribution in [0.15, 0.2) is 94.7 Å². The zero-order chi connectivity index (χ0) is 31.4. The topological polar surface area (TPSA) is 116 Å². The minimum atomic E-state index is -3.80. The van der Waals surface area contributed by atoms with Crippen LogP contribution in [-0.4, -0.2) is 27.1 Å². The fraction of sp³-hybridized carbons (Fsp3) is 0.161. The highest BCUT2D eigenvalue weighted by Crippen LogP contribution is 2.22. The zero-order valence-electron chi connectivity index (χ0n) is 24.1. The molecular weight excluding hydrogens is 621 g/mol. The number of thiocarbonyl (C=S) groups is 2. The van der Waals surface area contributed by atoms with Crippen molar-refractivity contribution in [1.82, 2.24) is 9.44 Å². The Morgan fingerprint density at radius 2 is 0.907 bits per heavy atom. The molecule has 4 N–H and O–H groups in total. The molecule has 224 valence electrons. The molecule has 0 saturated heterocycles. The summed E-state index contributed by atoms with van der Waals surface area (Å²) < 4.78 is 55.4. The molecular formula is C31H32N4O4S4. The van der Waals surface area contributed by atoms with E-state index in [4.69, 9.17) is 24.4 Å². The van der Waals surface area contributed by atoms with Crippen molar-refractivity contribution in [2.24, 2.45) is 0 Å². The molecule has 0 fully saturated rings. The van der Waals surface area contributed by atoms with Gasteiger partial charge in [-0.2, -0.15) is 0 Å². The van der Waals surface area contributed by atoms with E-state index < -0.39 is 20.0 Å². The first-order chi connectivity index (χ1) is 20.2. The Morgan fingerprint density at radius 3 is 1.23 bits per heavy atom. The van der Waals surface area contributed by atoms with Crippen LogP contribution in [0.2, 0.25) is 0 Å². The van der Waals surface area contributed by atoms with E-state index in [0.29, 0.717) is 17.8 Å². The molecule has 0 aliphatic heterocycles. The lowest BCUT2D eigenvalue weighted by Gasteiger charge is -2.15. The third kappa shape index (κ3) is 8.60. The average molecular weight is 653 g/mol. The second-order valence-electron chi connectivity index (χ2n) is 10.2. The fourth-order valence-corrected chi connectivity index (χ4v) is 6.97. The molecule has 12 heteroatoms. The van der Waals surface area contributed by atoms with E-state index in [2.05, 4.69) is 20.1 Å². The van der Waals surface area contributed by atoms with Gasteiger partial charge in [0.05, 0.1) is 9.79 Å². The Bertz CT molecular complexity index is 1750. The first-order valence-electron chi connectivity index (χ1n) is 13.2. The molecule has 4 rings (SSSR count). The monoisotopic (exact) mass is 652 g/mol. The molecule has 0 radical (unpaired) electrons. The van der Waals surface area contributed by atoms with Crippen molar-refractivity contribution < 1.29 is 16.8 Å². The van der Waals surface area contributed by atoms with Gasteiger partial charge < -0.3 is 10.6 Å². The molecule has 0 spiro atoms. The normalized spacial score (nSPS) is 11.4. The molecule has 0 unspecified atom stereocenters. The van der Waals surface area contributed by atoms with Gasteiger partial charge in [-0.3, -0.25) is 9.44 Å². The number of hydrogen-bond donors (Lipinski definition) is 4. The zero-order valence-corrected chi connectivity index (χ0v) is 27.3. The third-order valence-electron chi connectivity index (χ3n) is 6.60. The fourth-order valence-electron chi connectivity index (χ4n) is 4.28. The lowest BCUT2D eigenvalue weighted by molar-refractivity contribution is 0.591. The summed E-state index contributed by atoms with van der Waals surface area (Å²) in [6.07, 6.45) is 0.650. The molecule has 0 aliphatic carbocycles. The van der Waals surface area contributed by atoms with Gasteiger partial charge in [-0.25, -0.2) is 16.8 Å². The van der Waals surface area contributed by atoms with Crippen LogP contribution in [0.5, 0.6) is 0 Å². The quantitative estimate of drug-likeness (QED) is 0.175. The SMILES string of the molecule is Cc1ccc(S(=O)(=O)NC(=S)Nc2ccc(Cc3ccc(NC(=S)NS(=O)(=O)c4ccc(C)cc4)c(C)c3)cc2C)cc1. The van der Waals surface area contributed by atoms with Gasteiger partial charge in [0, 0.05) is 11.4 Å². The summed E-state index contributed by atoms with van der Waals surface area (Å²) in [5.74, 6) is 0. The highest BCUT2D eigenvalue weighted by atomic mass is 32.2. The van der Waals surface area contributed by atoms with Crippen LogP contribution in [0.25, 0.3) is 0 Å². The van der Waals surface area contributed by atoms with E-state index in [1.54, 1.807) is 24.3 Å². The van der Waals surface area contributed by atoms with E-state index in [9.17, 15) is 16.8 Å². The Hall–Kier alpha value is -3.84. The highest BCUT2D eigenvalue weighted by molar-refractivity contribution is 7.92. The van der Waals surface area contributed by atoms with Crippen LogP contribution in [0.3, 0.4) is 0 Å². The summed E-state index contributed by atoms with van der Waals surface area (Å²) in [4.78, 5) is 0.271. The molecule has 0 bridgehead atoms. The van der Waals surface area contributed by atoms with Crippen molar-refractivity contribution in [3.05, 3.63) is 118 Å². The Morgan fingerprint density at radius 1 is 0.558 bits per heavy atom. The maximum Gasteiger partial charge on any atom is 0.263 e. The standard InChI is InChI=1S/C31H32N4O4S4/c1-20-5-11-26(12-6-20)42(36,37)34-30(40)32-28-15-9-24(17-22(28)3)19-25-10-16-29(23(4)18-25)33-31(41)35-43(38,39)27-13-7-21(2)8-14-27/h5-18H,19H2,1-4H3,(H2,32,34,40)(H2,33,35,41). The van der Waals surface area contributed by atoms with Crippen LogP contribution in [-0.2, 0) is 26.5 Å². The highest BCUT2D eigenvalue weighted by Gasteiger charge is 2.17. The molecule has 8 nitrogen and oxygen atoms in total. The first-order valence-corrected chi connectivity index (χ1v) is 17.0. The van der Waals surface area contributed by atoms with Gasteiger partial charge in [0.1, 0.15) is 0 Å². The van der Waals surface area contributed by atoms with Crippen LogP contribution in [0.4, 0.5) is 11.4 Å². The minimum absolute atomic E-state index is 0.0193. The summed E-state index contributed by atoms with van der Waals surface area (Å²) in [5, 5.41) is 5.91. The van der Waals surface area contributed by atoms with Crippen molar-refractivity contribution in [2.45, 2.75) is 43.9 Å². The summed E-state index contributed by atoms with van der Waals surface area (Å²) in [5.41, 5.74) is 7.21. The van der Waals surface area contributed by atoms with E-state index in [1.165, 1.54) is 24.3 Å². The van der Waals surface area contributed by atoms with Gasteiger partial charge in [-0.1, -0.05) is 59.7 Å². The number of sulfonamides is 2. The Labute approximate surface area is 264 Å². The first kappa shape index (κ1) is 32.1. The molecule has 0 amide bonds. The number of hydrogen-bond acceptors (Lipinski definition) is 6. The molecule has 4 aromatic rings. The lowest BCUT2D eigenvalue weighted by atomic mass is 10.00.